The molecule has 1 atom stereocenters. The first-order valence-corrected chi connectivity index (χ1v) is 10.6. The van der Waals surface area contributed by atoms with E-state index in [2.05, 4.69) is 15.5 Å². The number of hydrogen-bond acceptors (Lipinski definition) is 4. The number of ether oxygens (including phenoxy) is 2. The van der Waals surface area contributed by atoms with E-state index in [-0.39, 0.29) is 17.9 Å². The summed E-state index contributed by atoms with van der Waals surface area (Å²) in [5.41, 5.74) is 2.35. The summed E-state index contributed by atoms with van der Waals surface area (Å²) in [5, 5.41) is 7.17. The maximum Gasteiger partial charge on any atom is 0.223 e. The second-order valence-electron chi connectivity index (χ2n) is 7.43. The van der Waals surface area contributed by atoms with Gasteiger partial charge in [0.15, 0.2) is 16.6 Å². The first-order valence-electron chi connectivity index (χ1n) is 10.2. The number of nitrogens with one attached hydrogen (secondary N) is 2. The Bertz CT molecular complexity index is 719. The quantitative estimate of drug-likeness (QED) is 0.710. The summed E-state index contributed by atoms with van der Waals surface area (Å²) in [6, 6.07) is 4.05. The van der Waals surface area contributed by atoms with Crippen LogP contribution < -0.4 is 20.1 Å². The predicted molar refractivity (Wildman–Crippen MR) is 114 cm³/mol. The molecule has 1 aromatic rings. The topological polar surface area (TPSA) is 62.8 Å². The van der Waals surface area contributed by atoms with Crippen LogP contribution in [0.4, 0.5) is 0 Å². The first kappa shape index (κ1) is 20.7. The van der Waals surface area contributed by atoms with Gasteiger partial charge in [-0.2, -0.15) is 0 Å². The third-order valence-corrected chi connectivity index (χ3v) is 6.17. The SMILES string of the molecule is CCNC(=S)N1CCc2cc(OC)c(OC)cc2[C@H]1CNC(=O)C1CCCC1. The van der Waals surface area contributed by atoms with E-state index in [4.69, 9.17) is 21.7 Å². The van der Waals surface area contributed by atoms with Crippen LogP contribution in [-0.4, -0.2) is 49.8 Å². The molecule has 28 heavy (non-hydrogen) atoms. The summed E-state index contributed by atoms with van der Waals surface area (Å²) in [5.74, 6) is 1.75. The van der Waals surface area contributed by atoms with E-state index in [0.29, 0.717) is 12.3 Å². The van der Waals surface area contributed by atoms with Gasteiger partial charge >= 0.3 is 0 Å². The molecule has 0 radical (unpaired) electrons. The van der Waals surface area contributed by atoms with E-state index in [1.165, 1.54) is 5.56 Å². The van der Waals surface area contributed by atoms with E-state index in [1.807, 2.05) is 19.1 Å². The molecule has 154 valence electrons. The molecular formula is C21H31N3O3S. The van der Waals surface area contributed by atoms with E-state index in [9.17, 15) is 4.79 Å². The molecule has 1 aliphatic heterocycles. The Morgan fingerprint density at radius 3 is 2.50 bits per heavy atom. The Kier molecular flexibility index (Phi) is 6.99. The van der Waals surface area contributed by atoms with Gasteiger partial charge in [0.05, 0.1) is 20.3 Å². The lowest BCUT2D eigenvalue weighted by atomic mass is 9.91. The van der Waals surface area contributed by atoms with Crippen molar-refractivity contribution in [3.05, 3.63) is 23.3 Å². The average molecular weight is 406 g/mol. The summed E-state index contributed by atoms with van der Waals surface area (Å²) in [6.07, 6.45) is 5.17. The van der Waals surface area contributed by atoms with Crippen molar-refractivity contribution in [2.75, 3.05) is 33.9 Å². The third kappa shape index (κ3) is 4.35. The number of thiocarbonyl (C=S) groups is 1. The molecule has 3 rings (SSSR count). The number of fused-ring (bicyclic) bond motifs is 1. The van der Waals surface area contributed by atoms with Gasteiger partial charge in [0.25, 0.3) is 0 Å². The van der Waals surface area contributed by atoms with Crippen molar-refractivity contribution >= 4 is 23.2 Å². The molecule has 0 unspecified atom stereocenters. The highest BCUT2D eigenvalue weighted by Crippen LogP contribution is 2.38. The van der Waals surface area contributed by atoms with E-state index >= 15 is 0 Å². The Labute approximate surface area is 173 Å². The molecule has 1 aromatic carbocycles. The Morgan fingerprint density at radius 2 is 1.86 bits per heavy atom. The molecule has 0 saturated heterocycles. The first-order chi connectivity index (χ1) is 13.6. The number of carbonyl (C=O) groups excluding carboxylic acids is 1. The Morgan fingerprint density at radius 1 is 1.18 bits per heavy atom. The second-order valence-corrected chi connectivity index (χ2v) is 7.81. The van der Waals surface area contributed by atoms with Crippen LogP contribution >= 0.6 is 12.2 Å². The number of benzene rings is 1. The lowest BCUT2D eigenvalue weighted by molar-refractivity contribution is -0.125. The van der Waals surface area contributed by atoms with Gasteiger partial charge in [-0.3, -0.25) is 4.79 Å². The number of methoxy groups -OCH3 is 2. The third-order valence-electron chi connectivity index (χ3n) is 5.79. The molecule has 0 aromatic heterocycles. The van der Waals surface area contributed by atoms with Crippen molar-refractivity contribution in [1.29, 1.82) is 0 Å². The molecule has 1 fully saturated rings. The molecule has 1 saturated carbocycles. The van der Waals surface area contributed by atoms with Gasteiger partial charge in [0.2, 0.25) is 5.91 Å². The van der Waals surface area contributed by atoms with E-state index < -0.39 is 0 Å². The van der Waals surface area contributed by atoms with Crippen molar-refractivity contribution in [1.82, 2.24) is 15.5 Å². The van der Waals surface area contributed by atoms with Crippen LogP contribution in [0.3, 0.4) is 0 Å². The smallest absolute Gasteiger partial charge is 0.223 e. The lowest BCUT2D eigenvalue weighted by Crippen LogP contribution is -2.49. The second kappa shape index (κ2) is 9.45. The van der Waals surface area contributed by atoms with Gasteiger partial charge < -0.3 is 25.0 Å². The van der Waals surface area contributed by atoms with Crippen molar-refractivity contribution in [3.8, 4) is 11.5 Å². The summed E-state index contributed by atoms with van der Waals surface area (Å²) in [4.78, 5) is 14.8. The van der Waals surface area contributed by atoms with Crippen molar-refractivity contribution in [3.63, 3.8) is 0 Å². The molecule has 1 amide bonds. The zero-order chi connectivity index (χ0) is 20.1. The summed E-state index contributed by atoms with van der Waals surface area (Å²) < 4.78 is 11.0. The molecule has 6 nitrogen and oxygen atoms in total. The molecule has 1 aliphatic carbocycles. The Balaban J connectivity index is 1.86. The van der Waals surface area contributed by atoms with Crippen LogP contribution in [0.1, 0.15) is 49.8 Å². The number of carbonyl (C=O) groups is 1. The highest BCUT2D eigenvalue weighted by Gasteiger charge is 2.32. The molecule has 0 spiro atoms. The largest absolute Gasteiger partial charge is 0.493 e. The highest BCUT2D eigenvalue weighted by atomic mass is 32.1. The zero-order valence-electron chi connectivity index (χ0n) is 17.0. The minimum absolute atomic E-state index is 0.0274. The van der Waals surface area contributed by atoms with Crippen molar-refractivity contribution in [2.45, 2.75) is 45.1 Å². The lowest BCUT2D eigenvalue weighted by Gasteiger charge is -2.39. The number of nitrogens with zero attached hydrogens (tertiary/aromatic N) is 1. The fourth-order valence-corrected chi connectivity index (χ4v) is 4.64. The van der Waals surface area contributed by atoms with Gasteiger partial charge in [-0.05, 0) is 61.7 Å². The average Bonchev–Trinajstić information content (AvgIpc) is 3.25. The number of hydrogen-bond donors (Lipinski definition) is 2. The van der Waals surface area contributed by atoms with Gasteiger partial charge in [-0.15, -0.1) is 0 Å². The van der Waals surface area contributed by atoms with Crippen LogP contribution in [0.5, 0.6) is 11.5 Å². The number of rotatable bonds is 6. The van der Waals surface area contributed by atoms with Gasteiger partial charge in [0.1, 0.15) is 0 Å². The minimum atomic E-state index is -0.0274. The Hall–Kier alpha value is -2.02. The van der Waals surface area contributed by atoms with Gasteiger partial charge in [-0.1, -0.05) is 12.8 Å². The molecule has 2 N–H and O–H groups in total. The maximum absolute atomic E-state index is 12.6. The van der Waals surface area contributed by atoms with Crippen LogP contribution in [0.15, 0.2) is 12.1 Å². The minimum Gasteiger partial charge on any atom is -0.493 e. The molecule has 7 heteroatoms. The summed E-state index contributed by atoms with van der Waals surface area (Å²) >= 11 is 5.62. The van der Waals surface area contributed by atoms with E-state index in [0.717, 1.165) is 61.6 Å². The van der Waals surface area contributed by atoms with E-state index in [1.54, 1.807) is 14.2 Å². The summed E-state index contributed by atoms with van der Waals surface area (Å²) in [7, 11) is 3.30. The fraction of sp³-hybridized carbons (Fsp3) is 0.619. The fourth-order valence-electron chi connectivity index (χ4n) is 4.27. The predicted octanol–water partition coefficient (Wildman–Crippen LogP) is 2.80. The maximum atomic E-state index is 12.6. The monoisotopic (exact) mass is 405 g/mol. The van der Waals surface area contributed by atoms with Crippen LogP contribution in [0.25, 0.3) is 0 Å². The van der Waals surface area contributed by atoms with Crippen LogP contribution in [0, 0.1) is 5.92 Å². The van der Waals surface area contributed by atoms with Crippen molar-refractivity contribution < 1.29 is 14.3 Å². The van der Waals surface area contributed by atoms with Crippen LogP contribution in [0.2, 0.25) is 0 Å². The standard InChI is InChI=1S/C21H31N3O3S/c1-4-22-21(28)24-10-9-15-11-18(26-2)19(27-3)12-16(15)17(24)13-23-20(25)14-7-5-6-8-14/h11-12,14,17H,4-10,13H2,1-3H3,(H,22,28)(H,23,25)/t17-/m1/s1. The molecule has 0 bridgehead atoms. The van der Waals surface area contributed by atoms with Crippen molar-refractivity contribution in [2.24, 2.45) is 5.92 Å². The van der Waals surface area contributed by atoms with Gasteiger partial charge in [-0.25, -0.2) is 0 Å². The van der Waals surface area contributed by atoms with Crippen LogP contribution in [-0.2, 0) is 11.2 Å². The number of amides is 1. The zero-order valence-corrected chi connectivity index (χ0v) is 17.9. The van der Waals surface area contributed by atoms with Gasteiger partial charge in [0, 0.05) is 25.6 Å². The molecule has 2 aliphatic rings. The molecule has 1 heterocycles. The highest BCUT2D eigenvalue weighted by molar-refractivity contribution is 7.80. The molecular weight excluding hydrogens is 374 g/mol. The summed E-state index contributed by atoms with van der Waals surface area (Å²) in [6.45, 7) is 4.14. The normalized spacial score (nSPS) is 19.1.